The van der Waals surface area contributed by atoms with E-state index in [4.69, 9.17) is 20.8 Å². The Morgan fingerprint density at radius 1 is 1.10 bits per heavy atom. The van der Waals surface area contributed by atoms with Crippen LogP contribution in [0.5, 0.6) is 0 Å². The highest BCUT2D eigenvalue weighted by Gasteiger charge is 2.34. The van der Waals surface area contributed by atoms with Gasteiger partial charge in [0, 0.05) is 48.6 Å². The highest BCUT2D eigenvalue weighted by molar-refractivity contribution is 6.30. The van der Waals surface area contributed by atoms with Gasteiger partial charge in [0.25, 0.3) is 0 Å². The molecule has 2 heterocycles. The number of aromatic nitrogens is 1. The lowest BCUT2D eigenvalue weighted by Gasteiger charge is -2.38. The molecule has 1 aromatic heterocycles. The molecule has 1 N–H and O–H groups in total. The third kappa shape index (κ3) is 5.35. The van der Waals surface area contributed by atoms with Crippen molar-refractivity contribution in [2.24, 2.45) is 0 Å². The summed E-state index contributed by atoms with van der Waals surface area (Å²) in [5, 5.41) is 3.84. The zero-order valence-corrected chi connectivity index (χ0v) is 18.5. The Morgan fingerprint density at radius 2 is 1.81 bits per heavy atom. The van der Waals surface area contributed by atoms with Crippen LogP contribution in [0.15, 0.2) is 59.1 Å². The number of hydrogen-bond acceptors (Lipinski definition) is 4. The smallest absolute Gasteiger partial charge is 0.220 e. The van der Waals surface area contributed by atoms with Crippen LogP contribution in [0.2, 0.25) is 5.02 Å². The van der Waals surface area contributed by atoms with Crippen molar-refractivity contribution in [3.05, 3.63) is 76.8 Å². The number of halogens is 1. The van der Waals surface area contributed by atoms with Gasteiger partial charge in [-0.2, -0.15) is 0 Å². The van der Waals surface area contributed by atoms with Crippen LogP contribution in [-0.4, -0.2) is 30.6 Å². The average Bonchev–Trinajstić information content (AvgIpc) is 3.27. The minimum absolute atomic E-state index is 0.00471. The fourth-order valence-electron chi connectivity index (χ4n) is 3.99. The van der Waals surface area contributed by atoms with Gasteiger partial charge in [-0.25, -0.2) is 4.98 Å². The average molecular weight is 439 g/mol. The van der Waals surface area contributed by atoms with Gasteiger partial charge < -0.3 is 14.5 Å². The molecule has 0 aliphatic carbocycles. The molecule has 0 spiro atoms. The summed E-state index contributed by atoms with van der Waals surface area (Å²) < 4.78 is 11.4. The van der Waals surface area contributed by atoms with E-state index in [1.165, 1.54) is 11.1 Å². The largest absolute Gasteiger partial charge is 0.441 e. The monoisotopic (exact) mass is 438 g/mol. The van der Waals surface area contributed by atoms with Crippen molar-refractivity contribution in [3.8, 4) is 11.3 Å². The van der Waals surface area contributed by atoms with Crippen molar-refractivity contribution < 1.29 is 13.9 Å². The van der Waals surface area contributed by atoms with Crippen molar-refractivity contribution in [2.45, 2.75) is 38.0 Å². The summed E-state index contributed by atoms with van der Waals surface area (Å²) in [5.41, 5.74) is 3.25. The highest BCUT2D eigenvalue weighted by atomic mass is 35.5. The molecule has 0 saturated carbocycles. The number of rotatable bonds is 7. The Kier molecular flexibility index (Phi) is 6.73. The lowest BCUT2D eigenvalue weighted by Crippen LogP contribution is -2.44. The zero-order valence-electron chi connectivity index (χ0n) is 17.7. The standard InChI is InChI=1S/C25H27ClN2O3/c1-18-2-4-19(5-3-18)22-16-27-24(31-22)11-10-23(29)28-17-25(12-14-30-15-13-25)20-6-8-21(26)9-7-20/h2-9,16H,10-15,17H2,1H3,(H,28,29). The van der Waals surface area contributed by atoms with Gasteiger partial charge in [-0.05, 0) is 37.5 Å². The molecule has 162 valence electrons. The van der Waals surface area contributed by atoms with E-state index in [1.54, 1.807) is 6.20 Å². The van der Waals surface area contributed by atoms with Gasteiger partial charge in [0.1, 0.15) is 0 Å². The summed E-state index contributed by atoms with van der Waals surface area (Å²) in [4.78, 5) is 16.9. The summed E-state index contributed by atoms with van der Waals surface area (Å²) in [6, 6.07) is 16.0. The Morgan fingerprint density at radius 3 is 2.52 bits per heavy atom. The van der Waals surface area contributed by atoms with Crippen molar-refractivity contribution in [1.82, 2.24) is 10.3 Å². The molecule has 31 heavy (non-hydrogen) atoms. The molecule has 5 nitrogen and oxygen atoms in total. The topological polar surface area (TPSA) is 64.4 Å². The van der Waals surface area contributed by atoms with Crippen LogP contribution >= 0.6 is 11.6 Å². The summed E-state index contributed by atoms with van der Waals surface area (Å²) in [6.45, 7) is 4.01. The first kappa shape index (κ1) is 21.6. The number of carbonyl (C=O) groups excluding carboxylic acids is 1. The van der Waals surface area contributed by atoms with E-state index < -0.39 is 0 Å². The number of aryl methyl sites for hydroxylation is 2. The first-order valence-electron chi connectivity index (χ1n) is 10.7. The van der Waals surface area contributed by atoms with E-state index >= 15 is 0 Å². The Hall–Kier alpha value is -2.63. The molecule has 1 fully saturated rings. The van der Waals surface area contributed by atoms with E-state index in [-0.39, 0.29) is 11.3 Å². The molecule has 0 radical (unpaired) electrons. The molecule has 1 aliphatic rings. The number of ether oxygens (including phenoxy) is 1. The molecular formula is C25H27ClN2O3. The van der Waals surface area contributed by atoms with Crippen molar-refractivity contribution in [1.29, 1.82) is 0 Å². The number of oxazole rings is 1. The van der Waals surface area contributed by atoms with Crippen molar-refractivity contribution in [2.75, 3.05) is 19.8 Å². The molecule has 1 amide bonds. The molecule has 0 bridgehead atoms. The van der Waals surface area contributed by atoms with Crippen molar-refractivity contribution in [3.63, 3.8) is 0 Å². The van der Waals surface area contributed by atoms with E-state index in [9.17, 15) is 4.79 Å². The second-order valence-electron chi connectivity index (χ2n) is 8.16. The number of nitrogens with zero attached hydrogens (tertiary/aromatic N) is 1. The van der Waals surface area contributed by atoms with E-state index in [2.05, 4.69) is 22.4 Å². The van der Waals surface area contributed by atoms with Crippen molar-refractivity contribution >= 4 is 17.5 Å². The van der Waals surface area contributed by atoms with Crippen LogP contribution in [0.25, 0.3) is 11.3 Å². The van der Waals surface area contributed by atoms with Gasteiger partial charge in [-0.3, -0.25) is 4.79 Å². The Balaban J connectivity index is 1.34. The third-order valence-electron chi connectivity index (χ3n) is 5.99. The molecule has 4 rings (SSSR count). The maximum Gasteiger partial charge on any atom is 0.220 e. The van der Waals surface area contributed by atoms with Crippen LogP contribution in [0.4, 0.5) is 0 Å². The molecule has 0 unspecified atom stereocenters. The molecule has 6 heteroatoms. The van der Waals surface area contributed by atoms with E-state index in [0.717, 1.165) is 24.2 Å². The maximum atomic E-state index is 12.6. The molecule has 1 aliphatic heterocycles. The van der Waals surface area contributed by atoms with E-state index in [1.807, 2.05) is 43.3 Å². The van der Waals surface area contributed by atoms with Crippen LogP contribution in [0.3, 0.4) is 0 Å². The SMILES string of the molecule is Cc1ccc(-c2cnc(CCC(=O)NCC3(c4ccc(Cl)cc4)CCOCC3)o2)cc1. The number of carbonyl (C=O) groups is 1. The van der Waals surface area contributed by atoms with Gasteiger partial charge in [-0.15, -0.1) is 0 Å². The third-order valence-corrected chi connectivity index (χ3v) is 6.24. The first-order valence-corrected chi connectivity index (χ1v) is 11.0. The summed E-state index contributed by atoms with van der Waals surface area (Å²) in [5.74, 6) is 1.29. The van der Waals surface area contributed by atoms with Gasteiger partial charge in [0.15, 0.2) is 11.7 Å². The molecular weight excluding hydrogens is 412 g/mol. The molecule has 3 aromatic rings. The molecule has 1 saturated heterocycles. The molecule has 0 atom stereocenters. The van der Waals surface area contributed by atoms with Gasteiger partial charge in [-0.1, -0.05) is 53.6 Å². The normalized spacial score (nSPS) is 15.5. The minimum Gasteiger partial charge on any atom is -0.441 e. The minimum atomic E-state index is -0.125. The number of benzene rings is 2. The van der Waals surface area contributed by atoms with Crippen LogP contribution in [-0.2, 0) is 21.4 Å². The Bertz CT molecular complexity index is 1010. The van der Waals surface area contributed by atoms with Gasteiger partial charge >= 0.3 is 0 Å². The van der Waals surface area contributed by atoms with E-state index in [0.29, 0.717) is 43.5 Å². The predicted molar refractivity (Wildman–Crippen MR) is 121 cm³/mol. The zero-order chi connectivity index (χ0) is 21.7. The fraction of sp³-hybridized carbons (Fsp3) is 0.360. The Labute approximate surface area is 187 Å². The summed E-state index contributed by atoms with van der Waals surface area (Å²) >= 11 is 6.06. The quantitative estimate of drug-likeness (QED) is 0.557. The second kappa shape index (κ2) is 9.67. The molecule has 2 aromatic carbocycles. The maximum absolute atomic E-state index is 12.6. The highest BCUT2D eigenvalue weighted by Crippen LogP contribution is 2.35. The number of hydrogen-bond donors (Lipinski definition) is 1. The lowest BCUT2D eigenvalue weighted by molar-refractivity contribution is -0.121. The summed E-state index contributed by atoms with van der Waals surface area (Å²) in [6.07, 6.45) is 4.26. The first-order chi connectivity index (χ1) is 15.0. The van der Waals surface area contributed by atoms with Gasteiger partial charge in [0.05, 0.1) is 6.20 Å². The number of amides is 1. The summed E-state index contributed by atoms with van der Waals surface area (Å²) in [7, 11) is 0. The second-order valence-corrected chi connectivity index (χ2v) is 8.60. The van der Waals surface area contributed by atoms with Crippen LogP contribution in [0, 0.1) is 6.92 Å². The van der Waals surface area contributed by atoms with Crippen LogP contribution in [0.1, 0.15) is 36.3 Å². The fourth-order valence-corrected chi connectivity index (χ4v) is 4.11. The van der Waals surface area contributed by atoms with Crippen LogP contribution < -0.4 is 5.32 Å². The number of nitrogens with one attached hydrogen (secondary N) is 1. The predicted octanol–water partition coefficient (Wildman–Crippen LogP) is 5.10. The van der Waals surface area contributed by atoms with Gasteiger partial charge in [0.2, 0.25) is 5.91 Å². The lowest BCUT2D eigenvalue weighted by atomic mass is 9.74.